The van der Waals surface area contributed by atoms with Crippen molar-refractivity contribution in [3.63, 3.8) is 0 Å². The van der Waals surface area contributed by atoms with Crippen LogP contribution in [-0.2, 0) is 27.2 Å². The van der Waals surface area contributed by atoms with E-state index in [-0.39, 0.29) is 25.8 Å². The van der Waals surface area contributed by atoms with Gasteiger partial charge in [-0.15, -0.1) is 6.58 Å². The number of hydrogen-bond donors (Lipinski definition) is 5. The number of ether oxygens (including phenoxy) is 2. The number of nitrogens with one attached hydrogen (secondary N) is 3. The van der Waals surface area contributed by atoms with Crippen molar-refractivity contribution in [1.29, 1.82) is 0 Å². The molecule has 4 amide bonds. The maximum absolute atomic E-state index is 14.5. The van der Waals surface area contributed by atoms with Crippen LogP contribution in [0.3, 0.4) is 0 Å². The van der Waals surface area contributed by atoms with Gasteiger partial charge in [0.25, 0.3) is 0 Å². The van der Waals surface area contributed by atoms with E-state index in [2.05, 4.69) is 22.5 Å². The third kappa shape index (κ3) is 7.93. The highest BCUT2D eigenvalue weighted by Crippen LogP contribution is 2.45. The van der Waals surface area contributed by atoms with E-state index in [1.807, 2.05) is 97.1 Å². The summed E-state index contributed by atoms with van der Waals surface area (Å²) >= 11 is 0. The van der Waals surface area contributed by atoms with Crippen LogP contribution < -0.4 is 25.4 Å². The van der Waals surface area contributed by atoms with Crippen LogP contribution in [0.1, 0.15) is 35.6 Å². The van der Waals surface area contributed by atoms with Crippen molar-refractivity contribution in [2.24, 2.45) is 5.92 Å². The fraction of sp³-hybridized carbons (Fsp3) is 0.283. The van der Waals surface area contributed by atoms with Crippen molar-refractivity contribution < 1.29 is 38.9 Å². The van der Waals surface area contributed by atoms with Crippen molar-refractivity contribution in [3.05, 3.63) is 139 Å². The molecule has 59 heavy (non-hydrogen) atoms. The Labute approximate surface area is 341 Å². The van der Waals surface area contributed by atoms with E-state index < -0.39 is 65.6 Å². The molecular formula is C46H45N5O8. The molecule has 5 N–H and O–H groups in total. The van der Waals surface area contributed by atoms with Gasteiger partial charge in [-0.05, 0) is 35.2 Å². The van der Waals surface area contributed by atoms with Gasteiger partial charge in [0.1, 0.15) is 35.2 Å². The Hall–Kier alpha value is -6.73. The number of carboxylic acid groups (broad SMARTS) is 1. The zero-order valence-corrected chi connectivity index (χ0v) is 32.4. The molecule has 0 spiro atoms. The van der Waals surface area contributed by atoms with Crippen LogP contribution in [-0.4, -0.2) is 87.4 Å². The predicted molar refractivity (Wildman–Crippen MR) is 220 cm³/mol. The van der Waals surface area contributed by atoms with E-state index in [0.29, 0.717) is 34.5 Å². The molecule has 2 aliphatic carbocycles. The number of amides is 4. The van der Waals surface area contributed by atoms with Crippen molar-refractivity contribution in [3.8, 4) is 22.8 Å². The van der Waals surface area contributed by atoms with Crippen LogP contribution in [0.5, 0.6) is 11.5 Å². The summed E-state index contributed by atoms with van der Waals surface area (Å²) in [4.78, 5) is 61.4. The number of benzene rings is 4. The average Bonchev–Trinajstić information content (AvgIpc) is 3.66. The Morgan fingerprint density at radius 2 is 1.71 bits per heavy atom. The van der Waals surface area contributed by atoms with Crippen LogP contribution in [0.25, 0.3) is 22.2 Å². The lowest BCUT2D eigenvalue weighted by molar-refractivity contribution is -0.144. The number of hydrogen-bond acceptors (Lipinski definition) is 8. The van der Waals surface area contributed by atoms with E-state index in [1.54, 1.807) is 19.2 Å². The summed E-state index contributed by atoms with van der Waals surface area (Å²) in [5.74, 6) is -1.78. The van der Waals surface area contributed by atoms with Crippen molar-refractivity contribution >= 4 is 34.7 Å². The molecule has 3 aliphatic rings. The lowest BCUT2D eigenvalue weighted by Gasteiger charge is -2.29. The molecule has 8 rings (SSSR count). The second kappa shape index (κ2) is 16.3. The summed E-state index contributed by atoms with van der Waals surface area (Å²) in [5.41, 5.74) is 3.07. The van der Waals surface area contributed by atoms with Crippen LogP contribution >= 0.6 is 0 Å². The first kappa shape index (κ1) is 39.1. The SMILES string of the molecule is C=C[C@@H]1C[C@]1(NC(=O)[C@@H]1C[C@@H](Oc2cc(-c3ccccc3)nc3cc(OC)ccc23)CN1C(=O)NC(Cc1ccccc1)C(=O)N[C@H]1c2ccccc2C[C@H]1O)C(=O)O. The van der Waals surface area contributed by atoms with E-state index in [4.69, 9.17) is 14.5 Å². The Kier molecular flexibility index (Phi) is 10.8. The molecule has 13 heteroatoms. The minimum absolute atomic E-state index is 0.0228. The summed E-state index contributed by atoms with van der Waals surface area (Å²) in [6, 6.07) is 29.9. The zero-order chi connectivity index (χ0) is 41.3. The summed E-state index contributed by atoms with van der Waals surface area (Å²) in [7, 11) is 1.57. The second-order valence-electron chi connectivity index (χ2n) is 15.4. The first-order valence-electron chi connectivity index (χ1n) is 19.6. The maximum Gasteiger partial charge on any atom is 0.330 e. The van der Waals surface area contributed by atoms with E-state index in [9.17, 15) is 29.4 Å². The van der Waals surface area contributed by atoms with Crippen molar-refractivity contribution in [2.75, 3.05) is 13.7 Å². The molecule has 1 saturated carbocycles. The number of aromatic nitrogens is 1. The van der Waals surface area contributed by atoms with E-state index in [0.717, 1.165) is 22.3 Å². The number of urea groups is 1. The largest absolute Gasteiger partial charge is 0.497 e. The monoisotopic (exact) mass is 795 g/mol. The maximum atomic E-state index is 14.5. The third-order valence-corrected chi connectivity index (χ3v) is 11.6. The minimum Gasteiger partial charge on any atom is -0.497 e. The molecule has 7 atom stereocenters. The van der Waals surface area contributed by atoms with Crippen LogP contribution in [0.15, 0.2) is 122 Å². The molecule has 2 fully saturated rings. The Balaban J connectivity index is 1.10. The summed E-state index contributed by atoms with van der Waals surface area (Å²) < 4.78 is 12.2. The number of carbonyl (C=O) groups excluding carboxylic acids is 3. The molecule has 4 aromatic carbocycles. The Bertz CT molecular complexity index is 2410. The van der Waals surface area contributed by atoms with Crippen LogP contribution in [0, 0.1) is 5.92 Å². The Morgan fingerprint density at radius 3 is 2.42 bits per heavy atom. The first-order chi connectivity index (χ1) is 28.6. The number of methoxy groups -OCH3 is 1. The van der Waals surface area contributed by atoms with Crippen molar-refractivity contribution in [2.45, 2.75) is 61.6 Å². The molecular weight excluding hydrogens is 751 g/mol. The highest BCUT2D eigenvalue weighted by molar-refractivity contribution is 5.96. The lowest BCUT2D eigenvalue weighted by atomic mass is 10.0. The van der Waals surface area contributed by atoms with Crippen molar-refractivity contribution in [1.82, 2.24) is 25.8 Å². The minimum atomic E-state index is -1.54. The molecule has 1 saturated heterocycles. The number of aliphatic hydroxyl groups excluding tert-OH is 1. The van der Waals surface area contributed by atoms with Crippen LogP contribution in [0.4, 0.5) is 4.79 Å². The van der Waals surface area contributed by atoms with Gasteiger partial charge in [0, 0.05) is 48.3 Å². The van der Waals surface area contributed by atoms with Crippen LogP contribution in [0.2, 0.25) is 0 Å². The van der Waals surface area contributed by atoms with E-state index in [1.165, 1.54) is 11.0 Å². The quantitative estimate of drug-likeness (QED) is 0.103. The normalized spacial score (nSPS) is 23.4. The average molecular weight is 796 g/mol. The molecule has 1 aromatic heterocycles. The van der Waals surface area contributed by atoms with Gasteiger partial charge < -0.3 is 40.5 Å². The summed E-state index contributed by atoms with van der Waals surface area (Å²) in [5, 5.41) is 30.3. The predicted octanol–water partition coefficient (Wildman–Crippen LogP) is 4.97. The first-order valence-corrected chi connectivity index (χ1v) is 19.6. The number of fused-ring (bicyclic) bond motifs is 2. The third-order valence-electron chi connectivity index (χ3n) is 11.6. The molecule has 13 nitrogen and oxygen atoms in total. The van der Waals surface area contributed by atoms with Gasteiger partial charge in [0.15, 0.2) is 0 Å². The highest BCUT2D eigenvalue weighted by atomic mass is 16.5. The summed E-state index contributed by atoms with van der Waals surface area (Å²) in [6.45, 7) is 3.67. The second-order valence-corrected chi connectivity index (χ2v) is 15.4. The standard InChI is InChI=1S/C46H45N5O8/c1-3-30-25-46(30,44(55)56)50-43(54)38-23-32(59-40-24-35(28-14-8-5-9-15-28)47-36-22-31(58-2)18-19-34(36)40)26-51(38)45(57)48-37(20-27-12-6-4-7-13-27)42(53)49-41-33-17-11-10-16-29(33)21-39(41)52/h3-19,22,24,30,32,37-39,41,52H,1,20-21,23,25-26H2,2H3,(H,48,57)(H,49,53)(H,50,54)(H,55,56)/t30-,32-,37?,38+,39-,41+,46-/m1/s1. The topological polar surface area (TPSA) is 179 Å². The number of aliphatic carboxylic acids is 1. The van der Waals surface area contributed by atoms with Gasteiger partial charge in [-0.1, -0.05) is 91.0 Å². The summed E-state index contributed by atoms with van der Waals surface area (Å²) in [6.07, 6.45) is 0.598. The number of rotatable bonds is 13. The molecule has 302 valence electrons. The van der Waals surface area contributed by atoms with Gasteiger partial charge in [0.2, 0.25) is 11.8 Å². The number of nitrogens with zero attached hydrogens (tertiary/aromatic N) is 2. The number of pyridine rings is 1. The van der Waals surface area contributed by atoms with Gasteiger partial charge in [-0.3, -0.25) is 9.59 Å². The number of likely N-dealkylation sites (tertiary alicyclic amines) is 1. The zero-order valence-electron chi connectivity index (χ0n) is 32.4. The molecule has 2 heterocycles. The Morgan fingerprint density at radius 1 is 0.983 bits per heavy atom. The number of aliphatic hydroxyl groups is 1. The van der Waals surface area contributed by atoms with Gasteiger partial charge >= 0.3 is 12.0 Å². The number of carbonyl (C=O) groups is 4. The fourth-order valence-corrected chi connectivity index (χ4v) is 8.30. The highest BCUT2D eigenvalue weighted by Gasteiger charge is 2.61. The van der Waals surface area contributed by atoms with Gasteiger partial charge in [0.05, 0.1) is 37.0 Å². The lowest BCUT2D eigenvalue weighted by Crippen LogP contribution is -2.57. The molecule has 0 bridgehead atoms. The van der Waals surface area contributed by atoms with Gasteiger partial charge in [-0.25, -0.2) is 14.6 Å². The molecule has 5 aromatic rings. The fourth-order valence-electron chi connectivity index (χ4n) is 8.30. The van der Waals surface area contributed by atoms with Gasteiger partial charge in [-0.2, -0.15) is 0 Å². The number of carboxylic acids is 1. The molecule has 0 radical (unpaired) electrons. The smallest absolute Gasteiger partial charge is 0.330 e. The molecule has 1 unspecified atom stereocenters. The van der Waals surface area contributed by atoms with E-state index >= 15 is 0 Å². The molecule has 1 aliphatic heterocycles.